The zero-order valence-electron chi connectivity index (χ0n) is 23.7. The number of carbonyl (C=O) groups excluding carboxylic acids is 1. The monoisotopic (exact) mass is 506 g/mol. The van der Waals surface area contributed by atoms with Crippen LogP contribution in [0.3, 0.4) is 0 Å². The summed E-state index contributed by atoms with van der Waals surface area (Å²) in [4.78, 5) is 22.9. The zero-order chi connectivity index (χ0) is 26.5. The lowest BCUT2D eigenvalue weighted by atomic mass is 9.97. The summed E-state index contributed by atoms with van der Waals surface area (Å²) < 4.78 is 4.90. The molecule has 0 rings (SSSR count). The molecule has 1 N–H and O–H groups in total. The van der Waals surface area contributed by atoms with E-state index in [-0.39, 0.29) is 13.0 Å². The van der Waals surface area contributed by atoms with E-state index in [0.29, 0.717) is 6.42 Å². The van der Waals surface area contributed by atoms with Gasteiger partial charge in [-0.05, 0) is 32.1 Å². The number of allylic oxidation sites excluding steroid dienone is 2. The molecule has 4 heteroatoms. The highest BCUT2D eigenvalue weighted by Gasteiger charge is 2.21. The van der Waals surface area contributed by atoms with Crippen molar-refractivity contribution in [2.75, 3.05) is 6.61 Å². The lowest BCUT2D eigenvalue weighted by Gasteiger charge is -2.11. The maximum Gasteiger partial charge on any atom is 0.307 e. The van der Waals surface area contributed by atoms with Gasteiger partial charge < -0.3 is 9.84 Å². The van der Waals surface area contributed by atoms with Crippen molar-refractivity contribution in [2.45, 2.75) is 155 Å². The van der Waals surface area contributed by atoms with Gasteiger partial charge in [0.05, 0.1) is 12.3 Å². The van der Waals surface area contributed by atoms with Crippen molar-refractivity contribution in [1.29, 1.82) is 0 Å². The van der Waals surface area contributed by atoms with Gasteiger partial charge in [0.1, 0.15) is 6.61 Å². The number of hydrogen-bond acceptors (Lipinski definition) is 3. The summed E-state index contributed by atoms with van der Waals surface area (Å²) >= 11 is 0. The van der Waals surface area contributed by atoms with Crippen LogP contribution in [0.1, 0.15) is 155 Å². The number of esters is 1. The quantitative estimate of drug-likeness (QED) is 0.0651. The largest absolute Gasteiger partial charge is 0.481 e. The van der Waals surface area contributed by atoms with Gasteiger partial charge in [0, 0.05) is 0 Å². The molecule has 0 amide bonds. The van der Waals surface area contributed by atoms with Crippen LogP contribution < -0.4 is 0 Å². The Balaban J connectivity index is 3.37. The van der Waals surface area contributed by atoms with Crippen molar-refractivity contribution in [2.24, 2.45) is 5.92 Å². The zero-order valence-corrected chi connectivity index (χ0v) is 23.7. The maximum atomic E-state index is 11.6. The molecule has 0 saturated carbocycles. The molecule has 210 valence electrons. The summed E-state index contributed by atoms with van der Waals surface area (Å²) in [5.41, 5.74) is 0. The average Bonchev–Trinajstić information content (AvgIpc) is 2.87. The fraction of sp³-hybridized carbons (Fsp3) is 0.812. The van der Waals surface area contributed by atoms with Crippen molar-refractivity contribution in [3.05, 3.63) is 24.8 Å². The first-order valence-electron chi connectivity index (χ1n) is 15.3. The number of carboxylic acid groups (broad SMARTS) is 1. The van der Waals surface area contributed by atoms with Crippen LogP contribution in [0, 0.1) is 5.92 Å². The van der Waals surface area contributed by atoms with Crippen molar-refractivity contribution < 1.29 is 19.4 Å². The SMILES string of the molecule is C=CCOC(=O)CC(CCCCCCCCCCCCC/C=C/CCCCCCCCCC)C(=O)O. The minimum atomic E-state index is -0.902. The number of ether oxygens (including phenoxy) is 1. The first-order valence-corrected chi connectivity index (χ1v) is 15.3. The molecule has 0 spiro atoms. The smallest absolute Gasteiger partial charge is 0.307 e. The molecule has 0 saturated heterocycles. The summed E-state index contributed by atoms with van der Waals surface area (Å²) in [6.07, 6.45) is 34.1. The molecule has 0 aromatic rings. The van der Waals surface area contributed by atoms with Crippen LogP contribution in [-0.4, -0.2) is 23.7 Å². The van der Waals surface area contributed by atoms with Crippen LogP contribution in [0.5, 0.6) is 0 Å². The Bertz CT molecular complexity index is 540. The fourth-order valence-electron chi connectivity index (χ4n) is 4.60. The lowest BCUT2D eigenvalue weighted by Crippen LogP contribution is -2.19. The van der Waals surface area contributed by atoms with Gasteiger partial charge in [0.15, 0.2) is 0 Å². The summed E-state index contributed by atoms with van der Waals surface area (Å²) in [7, 11) is 0. The van der Waals surface area contributed by atoms with Gasteiger partial charge in [0.2, 0.25) is 0 Å². The number of rotatable bonds is 28. The van der Waals surface area contributed by atoms with E-state index in [1.54, 1.807) is 0 Å². The Morgan fingerprint density at radius 2 is 1.11 bits per heavy atom. The molecule has 4 nitrogen and oxygen atoms in total. The highest BCUT2D eigenvalue weighted by Crippen LogP contribution is 2.17. The molecule has 36 heavy (non-hydrogen) atoms. The van der Waals surface area contributed by atoms with Crippen LogP contribution in [0.2, 0.25) is 0 Å². The highest BCUT2D eigenvalue weighted by atomic mass is 16.5. The third kappa shape index (κ3) is 25.5. The van der Waals surface area contributed by atoms with E-state index in [1.165, 1.54) is 122 Å². The molecule has 0 aliphatic heterocycles. The summed E-state index contributed by atoms with van der Waals surface area (Å²) in [6.45, 7) is 5.91. The van der Waals surface area contributed by atoms with Gasteiger partial charge in [-0.2, -0.15) is 0 Å². The fourth-order valence-corrected chi connectivity index (χ4v) is 4.60. The van der Waals surface area contributed by atoms with Crippen molar-refractivity contribution >= 4 is 11.9 Å². The van der Waals surface area contributed by atoms with Gasteiger partial charge in [-0.15, -0.1) is 0 Å². The Hall–Kier alpha value is -1.58. The predicted octanol–water partition coefficient (Wildman–Crippen LogP) is 9.96. The van der Waals surface area contributed by atoms with Crippen molar-refractivity contribution in [1.82, 2.24) is 0 Å². The minimum Gasteiger partial charge on any atom is -0.481 e. The molecule has 0 fully saturated rings. The predicted molar refractivity (Wildman–Crippen MR) is 153 cm³/mol. The van der Waals surface area contributed by atoms with Crippen molar-refractivity contribution in [3.8, 4) is 0 Å². The maximum absolute atomic E-state index is 11.6. The molecule has 1 atom stereocenters. The standard InChI is InChI=1S/C32H58O4/c1-3-5-6-7-8-9-10-11-12-13-14-15-16-17-18-19-20-21-22-23-24-25-26-27-30(32(34)35)29-31(33)36-28-4-2/h4,13-14,30H,2-3,5-12,15-29H2,1H3,(H,34,35)/b14-13+. The normalized spacial score (nSPS) is 12.1. The Kier molecular flexibility index (Phi) is 26.8. The summed E-state index contributed by atoms with van der Waals surface area (Å²) in [5.74, 6) is -1.99. The topological polar surface area (TPSA) is 63.6 Å². The van der Waals surface area contributed by atoms with E-state index in [9.17, 15) is 14.7 Å². The molecule has 0 bridgehead atoms. The Morgan fingerprint density at radius 3 is 1.53 bits per heavy atom. The van der Waals surface area contributed by atoms with Crippen LogP contribution in [0.15, 0.2) is 24.8 Å². The van der Waals surface area contributed by atoms with E-state index in [1.807, 2.05) is 0 Å². The summed E-state index contributed by atoms with van der Waals surface area (Å²) in [5, 5.41) is 9.29. The number of hydrogen-bond donors (Lipinski definition) is 1. The number of aliphatic carboxylic acids is 1. The lowest BCUT2D eigenvalue weighted by molar-refractivity contribution is -0.151. The van der Waals surface area contributed by atoms with Gasteiger partial charge in [0.25, 0.3) is 0 Å². The number of unbranched alkanes of at least 4 members (excludes halogenated alkanes) is 19. The third-order valence-corrected chi connectivity index (χ3v) is 6.94. The molecule has 0 aromatic heterocycles. The van der Waals surface area contributed by atoms with Crippen LogP contribution in [0.25, 0.3) is 0 Å². The first-order chi connectivity index (χ1) is 17.6. The van der Waals surface area contributed by atoms with E-state index < -0.39 is 17.9 Å². The molecule has 0 aliphatic carbocycles. The first kappa shape index (κ1) is 34.4. The second kappa shape index (κ2) is 28.0. The summed E-state index contributed by atoms with van der Waals surface area (Å²) in [6, 6.07) is 0. The third-order valence-electron chi connectivity index (χ3n) is 6.94. The molecule has 0 heterocycles. The minimum absolute atomic E-state index is 0.0429. The second-order valence-electron chi connectivity index (χ2n) is 10.4. The molecular formula is C32H58O4. The van der Waals surface area contributed by atoms with Gasteiger partial charge in [-0.1, -0.05) is 141 Å². The number of carboxylic acids is 1. The molecular weight excluding hydrogens is 448 g/mol. The van der Waals surface area contributed by atoms with E-state index >= 15 is 0 Å². The van der Waals surface area contributed by atoms with E-state index in [2.05, 4.69) is 25.7 Å². The van der Waals surface area contributed by atoms with Gasteiger partial charge >= 0.3 is 11.9 Å². The number of carbonyl (C=O) groups is 2. The molecule has 0 aliphatic rings. The van der Waals surface area contributed by atoms with Gasteiger partial charge in [-0.25, -0.2) is 0 Å². The molecule has 0 aromatic carbocycles. The van der Waals surface area contributed by atoms with Crippen LogP contribution >= 0.6 is 0 Å². The average molecular weight is 507 g/mol. The second-order valence-corrected chi connectivity index (χ2v) is 10.4. The Labute approximate surface area is 223 Å². The van der Waals surface area contributed by atoms with Gasteiger partial charge in [-0.3, -0.25) is 9.59 Å². The van der Waals surface area contributed by atoms with Crippen LogP contribution in [-0.2, 0) is 14.3 Å². The van der Waals surface area contributed by atoms with Crippen LogP contribution in [0.4, 0.5) is 0 Å². The Morgan fingerprint density at radius 1 is 0.694 bits per heavy atom. The highest BCUT2D eigenvalue weighted by molar-refractivity contribution is 5.78. The molecule has 1 unspecified atom stereocenters. The van der Waals surface area contributed by atoms with E-state index in [4.69, 9.17) is 4.74 Å². The van der Waals surface area contributed by atoms with Crippen molar-refractivity contribution in [3.63, 3.8) is 0 Å². The molecule has 0 radical (unpaired) electrons. The van der Waals surface area contributed by atoms with E-state index in [0.717, 1.165) is 19.3 Å².